The zero-order valence-electron chi connectivity index (χ0n) is 10.0. The molecular weight excluding hydrogens is 186 g/mol. The monoisotopic (exact) mass is 205 g/mol. The number of benzene rings is 1. The molecule has 0 fully saturated rings. The van der Waals surface area contributed by atoms with Gasteiger partial charge in [0.15, 0.2) is 5.78 Å². The second-order valence-electron chi connectivity index (χ2n) is 4.09. The summed E-state index contributed by atoms with van der Waals surface area (Å²) >= 11 is 0. The molecule has 1 aromatic rings. The predicted molar refractivity (Wildman–Crippen MR) is 64.5 cm³/mol. The van der Waals surface area contributed by atoms with Gasteiger partial charge in [-0.2, -0.15) is 0 Å². The number of Topliss-reactive ketones (excluding diaryl/α,β-unsaturated/α-hetero) is 1. The Morgan fingerprint density at radius 2 is 1.73 bits per heavy atom. The quantitative estimate of drug-likeness (QED) is 0.753. The number of aryl methyl sites for hydroxylation is 2. The number of hydrogen-bond donors (Lipinski definition) is 0. The Morgan fingerprint density at radius 1 is 1.20 bits per heavy atom. The van der Waals surface area contributed by atoms with Crippen molar-refractivity contribution in [3.63, 3.8) is 0 Å². The third-order valence-corrected chi connectivity index (χ3v) is 2.46. The van der Waals surface area contributed by atoms with E-state index in [1.54, 1.807) is 0 Å². The van der Waals surface area contributed by atoms with Crippen LogP contribution in [0, 0.1) is 13.8 Å². The van der Waals surface area contributed by atoms with E-state index in [0.717, 1.165) is 5.69 Å². The molecule has 0 heterocycles. The molecule has 0 atom stereocenters. The second kappa shape index (κ2) is 4.96. The number of anilines is 1. The van der Waals surface area contributed by atoms with E-state index in [9.17, 15) is 4.79 Å². The average molecular weight is 205 g/mol. The highest BCUT2D eigenvalue weighted by Gasteiger charge is 2.06. The van der Waals surface area contributed by atoms with E-state index < -0.39 is 0 Å². The van der Waals surface area contributed by atoms with Crippen molar-refractivity contribution >= 4 is 11.5 Å². The summed E-state index contributed by atoms with van der Waals surface area (Å²) in [6, 6.07) is 6.35. The first-order chi connectivity index (χ1) is 7.02. The summed E-state index contributed by atoms with van der Waals surface area (Å²) in [6.45, 7) is 6.55. The fraction of sp³-hybridized carbons (Fsp3) is 0.462. The average Bonchev–Trinajstić information content (AvgIpc) is 2.16. The van der Waals surface area contributed by atoms with Crippen LogP contribution in [0.15, 0.2) is 18.2 Å². The summed E-state index contributed by atoms with van der Waals surface area (Å²) in [5.41, 5.74) is 3.59. The molecule has 0 N–H and O–H groups in total. The number of carbonyl (C=O) groups excluding carboxylic acids is 1. The standard InChI is InChI=1S/C13H19NO/c1-5-13(15)9-14(4)12-7-10(2)6-11(3)8-12/h6-8H,5,9H2,1-4H3. The molecule has 0 aromatic heterocycles. The van der Waals surface area contributed by atoms with Gasteiger partial charge in [-0.15, -0.1) is 0 Å². The maximum atomic E-state index is 11.3. The van der Waals surface area contributed by atoms with Crippen molar-refractivity contribution in [1.29, 1.82) is 0 Å². The molecule has 2 heteroatoms. The minimum atomic E-state index is 0.275. The van der Waals surface area contributed by atoms with Crippen LogP contribution in [0.25, 0.3) is 0 Å². The number of carbonyl (C=O) groups is 1. The Bertz CT molecular complexity index is 337. The van der Waals surface area contributed by atoms with Gasteiger partial charge in [-0.1, -0.05) is 13.0 Å². The fourth-order valence-electron chi connectivity index (χ4n) is 1.64. The molecule has 0 aliphatic carbocycles. The highest BCUT2D eigenvalue weighted by molar-refractivity contribution is 5.83. The number of hydrogen-bond acceptors (Lipinski definition) is 2. The van der Waals surface area contributed by atoms with Crippen LogP contribution < -0.4 is 4.90 Å². The van der Waals surface area contributed by atoms with Gasteiger partial charge in [0.05, 0.1) is 6.54 Å². The van der Waals surface area contributed by atoms with E-state index in [-0.39, 0.29) is 5.78 Å². The van der Waals surface area contributed by atoms with Crippen molar-refractivity contribution in [3.8, 4) is 0 Å². The molecule has 0 saturated carbocycles. The lowest BCUT2D eigenvalue weighted by Gasteiger charge is -2.19. The first-order valence-electron chi connectivity index (χ1n) is 5.34. The smallest absolute Gasteiger partial charge is 0.151 e. The van der Waals surface area contributed by atoms with Crippen LogP contribution in [0.4, 0.5) is 5.69 Å². The minimum Gasteiger partial charge on any atom is -0.367 e. The summed E-state index contributed by atoms with van der Waals surface area (Å²) < 4.78 is 0. The first kappa shape index (κ1) is 11.8. The zero-order chi connectivity index (χ0) is 11.4. The molecule has 0 spiro atoms. The number of ketones is 1. The normalized spacial score (nSPS) is 10.1. The van der Waals surface area contributed by atoms with Crippen molar-refractivity contribution in [2.75, 3.05) is 18.5 Å². The van der Waals surface area contributed by atoms with Gasteiger partial charge < -0.3 is 4.90 Å². The Morgan fingerprint density at radius 3 is 2.20 bits per heavy atom. The molecule has 1 aromatic carbocycles. The minimum absolute atomic E-state index is 0.275. The van der Waals surface area contributed by atoms with Crippen LogP contribution in [0.5, 0.6) is 0 Å². The maximum Gasteiger partial charge on any atom is 0.151 e. The van der Waals surface area contributed by atoms with Gasteiger partial charge in [0.25, 0.3) is 0 Å². The highest BCUT2D eigenvalue weighted by atomic mass is 16.1. The van der Waals surface area contributed by atoms with E-state index in [1.807, 2.05) is 18.9 Å². The van der Waals surface area contributed by atoms with Crippen molar-refractivity contribution in [1.82, 2.24) is 0 Å². The zero-order valence-corrected chi connectivity index (χ0v) is 10.0. The van der Waals surface area contributed by atoms with Crippen LogP contribution in [-0.2, 0) is 4.79 Å². The lowest BCUT2D eigenvalue weighted by molar-refractivity contribution is -0.117. The molecule has 1 rings (SSSR count). The second-order valence-corrected chi connectivity index (χ2v) is 4.09. The van der Waals surface area contributed by atoms with Gasteiger partial charge in [-0.3, -0.25) is 4.79 Å². The molecular formula is C13H19NO. The van der Waals surface area contributed by atoms with Gasteiger partial charge in [0.1, 0.15) is 0 Å². The molecule has 0 unspecified atom stereocenters. The summed E-state index contributed by atoms with van der Waals surface area (Å²) in [5.74, 6) is 0.275. The number of nitrogens with zero attached hydrogens (tertiary/aromatic N) is 1. The summed E-state index contributed by atoms with van der Waals surface area (Å²) in [4.78, 5) is 13.3. The third-order valence-electron chi connectivity index (χ3n) is 2.46. The fourth-order valence-corrected chi connectivity index (χ4v) is 1.64. The van der Waals surface area contributed by atoms with E-state index in [0.29, 0.717) is 13.0 Å². The first-order valence-corrected chi connectivity index (χ1v) is 5.34. The van der Waals surface area contributed by atoms with Gasteiger partial charge in [-0.05, 0) is 37.1 Å². The Balaban J connectivity index is 2.81. The van der Waals surface area contributed by atoms with Gasteiger partial charge >= 0.3 is 0 Å². The van der Waals surface area contributed by atoms with Crippen LogP contribution in [0.3, 0.4) is 0 Å². The molecule has 82 valence electrons. The maximum absolute atomic E-state index is 11.3. The SMILES string of the molecule is CCC(=O)CN(C)c1cc(C)cc(C)c1. The highest BCUT2D eigenvalue weighted by Crippen LogP contribution is 2.17. The predicted octanol–water partition coefficient (Wildman–Crippen LogP) is 2.72. The summed E-state index contributed by atoms with van der Waals surface area (Å²) in [6.07, 6.45) is 0.606. The summed E-state index contributed by atoms with van der Waals surface area (Å²) in [7, 11) is 1.96. The van der Waals surface area contributed by atoms with E-state index in [2.05, 4.69) is 32.0 Å². The Kier molecular flexibility index (Phi) is 3.89. The molecule has 0 aliphatic rings. The van der Waals surface area contributed by atoms with Gasteiger partial charge in [0.2, 0.25) is 0 Å². The Hall–Kier alpha value is -1.31. The van der Waals surface area contributed by atoms with Crippen molar-refractivity contribution in [2.45, 2.75) is 27.2 Å². The van der Waals surface area contributed by atoms with Gasteiger partial charge in [-0.25, -0.2) is 0 Å². The van der Waals surface area contributed by atoms with E-state index >= 15 is 0 Å². The van der Waals surface area contributed by atoms with Crippen molar-refractivity contribution in [3.05, 3.63) is 29.3 Å². The van der Waals surface area contributed by atoms with Crippen LogP contribution in [0.1, 0.15) is 24.5 Å². The van der Waals surface area contributed by atoms with Gasteiger partial charge in [0, 0.05) is 19.2 Å². The lowest BCUT2D eigenvalue weighted by atomic mass is 10.1. The molecule has 0 bridgehead atoms. The molecule has 15 heavy (non-hydrogen) atoms. The number of likely N-dealkylation sites (N-methyl/N-ethyl adjacent to an activating group) is 1. The van der Waals surface area contributed by atoms with Crippen LogP contribution >= 0.6 is 0 Å². The molecule has 0 aliphatic heterocycles. The molecule has 0 amide bonds. The van der Waals surface area contributed by atoms with Crippen LogP contribution in [0.2, 0.25) is 0 Å². The molecule has 0 radical (unpaired) electrons. The van der Waals surface area contributed by atoms with E-state index in [1.165, 1.54) is 11.1 Å². The van der Waals surface area contributed by atoms with Crippen LogP contribution in [-0.4, -0.2) is 19.4 Å². The topological polar surface area (TPSA) is 20.3 Å². The van der Waals surface area contributed by atoms with Crippen molar-refractivity contribution in [2.24, 2.45) is 0 Å². The van der Waals surface area contributed by atoms with Crippen molar-refractivity contribution < 1.29 is 4.79 Å². The third kappa shape index (κ3) is 3.39. The largest absolute Gasteiger partial charge is 0.367 e. The summed E-state index contributed by atoms with van der Waals surface area (Å²) in [5, 5.41) is 0. The lowest BCUT2D eigenvalue weighted by Crippen LogP contribution is -2.25. The molecule has 2 nitrogen and oxygen atoms in total. The Labute approximate surface area is 91.9 Å². The number of rotatable bonds is 4. The van der Waals surface area contributed by atoms with E-state index in [4.69, 9.17) is 0 Å². The molecule has 0 saturated heterocycles.